The lowest BCUT2D eigenvalue weighted by Gasteiger charge is -2.22. The molecule has 0 bridgehead atoms. The Labute approximate surface area is 147 Å². The number of sulfonamides is 1. The average Bonchev–Trinajstić information content (AvgIpc) is 2.59. The number of rotatable bonds is 5. The zero-order valence-electron chi connectivity index (χ0n) is 13.3. The van der Waals surface area contributed by atoms with Gasteiger partial charge in [0.25, 0.3) is 0 Å². The van der Waals surface area contributed by atoms with Crippen LogP contribution >= 0.6 is 0 Å². The molecule has 0 aliphatic rings. The number of anilines is 2. The normalized spacial score (nSPS) is 10.9. The van der Waals surface area contributed by atoms with Gasteiger partial charge < -0.3 is 5.32 Å². The molecule has 0 aliphatic carbocycles. The van der Waals surface area contributed by atoms with Gasteiger partial charge in [-0.15, -0.1) is 0 Å². The third-order valence-electron chi connectivity index (χ3n) is 3.26. The third kappa shape index (κ3) is 4.31. The van der Waals surface area contributed by atoms with Crippen molar-refractivity contribution < 1.29 is 26.4 Å². The van der Waals surface area contributed by atoms with Gasteiger partial charge in [0.15, 0.2) is 17.5 Å². The summed E-state index contributed by atoms with van der Waals surface area (Å²) in [7, 11) is -3.92. The molecule has 2 rings (SSSR count). The molecule has 0 spiro atoms. The first-order chi connectivity index (χ1) is 12.1. The highest BCUT2D eigenvalue weighted by atomic mass is 32.2. The van der Waals surface area contributed by atoms with E-state index in [-0.39, 0.29) is 11.3 Å². The predicted molar refractivity (Wildman–Crippen MR) is 88.3 cm³/mol. The second-order valence-electron chi connectivity index (χ2n) is 5.20. The van der Waals surface area contributed by atoms with Gasteiger partial charge in [-0.1, -0.05) is 6.07 Å². The molecule has 0 atom stereocenters. The van der Waals surface area contributed by atoms with Crippen molar-refractivity contribution in [1.29, 1.82) is 5.26 Å². The highest BCUT2D eigenvalue weighted by Gasteiger charge is 2.22. The predicted octanol–water partition coefficient (Wildman–Crippen LogP) is 2.38. The van der Waals surface area contributed by atoms with Crippen molar-refractivity contribution in [3.8, 4) is 6.07 Å². The topological polar surface area (TPSA) is 90.3 Å². The molecule has 26 heavy (non-hydrogen) atoms. The number of carbonyl (C=O) groups excluding carboxylic acids is 1. The Bertz CT molecular complexity index is 1000. The number of benzene rings is 2. The minimum atomic E-state index is -3.92. The van der Waals surface area contributed by atoms with Gasteiger partial charge in [-0.05, 0) is 30.3 Å². The van der Waals surface area contributed by atoms with Crippen LogP contribution in [0, 0.1) is 28.8 Å². The number of hydrogen-bond donors (Lipinski definition) is 1. The van der Waals surface area contributed by atoms with Crippen molar-refractivity contribution in [3.63, 3.8) is 0 Å². The molecular weight excluding hydrogens is 371 g/mol. The van der Waals surface area contributed by atoms with Crippen LogP contribution in [0.4, 0.5) is 24.5 Å². The summed E-state index contributed by atoms with van der Waals surface area (Å²) >= 11 is 0. The number of amides is 1. The SMILES string of the molecule is CS(=O)(=O)N(CC(=O)Nc1ccc(F)c(F)c1F)c1cccc(C#N)c1. The van der Waals surface area contributed by atoms with E-state index in [1.807, 2.05) is 11.4 Å². The Morgan fingerprint density at radius 1 is 1.19 bits per heavy atom. The van der Waals surface area contributed by atoms with Gasteiger partial charge in [-0.3, -0.25) is 9.10 Å². The van der Waals surface area contributed by atoms with Crippen LogP contribution < -0.4 is 9.62 Å². The first-order valence-electron chi connectivity index (χ1n) is 7.04. The van der Waals surface area contributed by atoms with Crippen LogP contribution in [0.5, 0.6) is 0 Å². The Morgan fingerprint density at radius 2 is 1.88 bits per heavy atom. The maximum absolute atomic E-state index is 13.6. The summed E-state index contributed by atoms with van der Waals surface area (Å²) in [6, 6.07) is 8.77. The van der Waals surface area contributed by atoms with Crippen molar-refractivity contribution >= 4 is 27.3 Å². The fourth-order valence-electron chi connectivity index (χ4n) is 2.07. The number of hydrogen-bond acceptors (Lipinski definition) is 4. The van der Waals surface area contributed by atoms with Crippen molar-refractivity contribution in [1.82, 2.24) is 0 Å². The van der Waals surface area contributed by atoms with Gasteiger partial charge in [0.05, 0.1) is 29.3 Å². The standard InChI is InChI=1S/C16H12F3N3O3S/c1-26(24,25)22(11-4-2-3-10(7-11)8-20)9-14(23)21-13-6-5-12(17)15(18)16(13)19/h2-7H,9H2,1H3,(H,21,23). The molecule has 0 radical (unpaired) electrons. The molecule has 2 aromatic carbocycles. The Balaban J connectivity index is 2.28. The molecule has 136 valence electrons. The van der Waals surface area contributed by atoms with E-state index in [2.05, 4.69) is 0 Å². The molecule has 6 nitrogen and oxygen atoms in total. The smallest absolute Gasteiger partial charge is 0.245 e. The van der Waals surface area contributed by atoms with Crippen LogP contribution in [0.2, 0.25) is 0 Å². The molecule has 0 fully saturated rings. The molecule has 0 aromatic heterocycles. The lowest BCUT2D eigenvalue weighted by Crippen LogP contribution is -2.37. The van der Waals surface area contributed by atoms with Gasteiger partial charge >= 0.3 is 0 Å². The Kier molecular flexibility index (Phi) is 5.52. The molecule has 0 saturated carbocycles. The van der Waals surface area contributed by atoms with E-state index in [1.165, 1.54) is 24.3 Å². The van der Waals surface area contributed by atoms with E-state index in [1.54, 1.807) is 0 Å². The Hall–Kier alpha value is -3.06. The Morgan fingerprint density at radius 3 is 2.50 bits per heavy atom. The molecule has 1 N–H and O–H groups in total. The molecule has 2 aromatic rings. The van der Waals surface area contributed by atoms with E-state index in [0.717, 1.165) is 12.3 Å². The average molecular weight is 383 g/mol. The summed E-state index contributed by atoms with van der Waals surface area (Å²) in [6.07, 6.45) is 0.845. The van der Waals surface area contributed by atoms with Gasteiger partial charge in [0.1, 0.15) is 6.54 Å². The number of carbonyl (C=O) groups is 1. The lowest BCUT2D eigenvalue weighted by atomic mass is 10.2. The van der Waals surface area contributed by atoms with Crippen LogP contribution in [0.3, 0.4) is 0 Å². The number of nitrogens with one attached hydrogen (secondary N) is 1. The fraction of sp³-hybridized carbons (Fsp3) is 0.125. The fourth-order valence-corrected chi connectivity index (χ4v) is 2.92. The van der Waals surface area contributed by atoms with Gasteiger partial charge in [-0.2, -0.15) is 5.26 Å². The highest BCUT2D eigenvalue weighted by Crippen LogP contribution is 2.21. The molecule has 0 heterocycles. The first kappa shape index (κ1) is 19.3. The lowest BCUT2D eigenvalue weighted by molar-refractivity contribution is -0.114. The van der Waals surface area contributed by atoms with Crippen LogP contribution in [-0.2, 0) is 14.8 Å². The highest BCUT2D eigenvalue weighted by molar-refractivity contribution is 7.92. The molecule has 0 saturated heterocycles. The second kappa shape index (κ2) is 7.45. The second-order valence-corrected chi connectivity index (χ2v) is 7.11. The van der Waals surface area contributed by atoms with E-state index < -0.39 is 45.6 Å². The molecule has 0 aliphatic heterocycles. The first-order valence-corrected chi connectivity index (χ1v) is 8.89. The van der Waals surface area contributed by atoms with Crippen molar-refractivity contribution in [2.75, 3.05) is 22.4 Å². The van der Waals surface area contributed by atoms with E-state index in [9.17, 15) is 26.4 Å². The van der Waals surface area contributed by atoms with Gasteiger partial charge in [0, 0.05) is 0 Å². The zero-order chi connectivity index (χ0) is 19.5. The van der Waals surface area contributed by atoms with E-state index >= 15 is 0 Å². The number of halogens is 3. The minimum Gasteiger partial charge on any atom is -0.322 e. The van der Waals surface area contributed by atoms with Crippen LogP contribution in [0.15, 0.2) is 36.4 Å². The molecule has 10 heteroatoms. The molecule has 1 amide bonds. The van der Waals surface area contributed by atoms with Crippen LogP contribution in [0.25, 0.3) is 0 Å². The van der Waals surface area contributed by atoms with Crippen molar-refractivity contribution in [2.45, 2.75) is 0 Å². The van der Waals surface area contributed by atoms with Crippen LogP contribution in [0.1, 0.15) is 5.56 Å². The van der Waals surface area contributed by atoms with Crippen molar-refractivity contribution in [2.24, 2.45) is 0 Å². The van der Waals surface area contributed by atoms with Gasteiger partial charge in [-0.25, -0.2) is 21.6 Å². The maximum Gasteiger partial charge on any atom is 0.245 e. The summed E-state index contributed by atoms with van der Waals surface area (Å²) in [4.78, 5) is 12.1. The third-order valence-corrected chi connectivity index (χ3v) is 4.40. The van der Waals surface area contributed by atoms with Crippen LogP contribution in [-0.4, -0.2) is 27.1 Å². The largest absolute Gasteiger partial charge is 0.322 e. The summed E-state index contributed by atoms with van der Waals surface area (Å²) in [5, 5.41) is 10.9. The molecular formula is C16H12F3N3O3S. The minimum absolute atomic E-state index is 0.0486. The summed E-state index contributed by atoms with van der Waals surface area (Å²) in [5.41, 5.74) is -0.413. The monoisotopic (exact) mass is 383 g/mol. The summed E-state index contributed by atoms with van der Waals surface area (Å²) in [6.45, 7) is -0.758. The summed E-state index contributed by atoms with van der Waals surface area (Å²) < 4.78 is 64.4. The van der Waals surface area contributed by atoms with E-state index in [0.29, 0.717) is 10.4 Å². The molecule has 0 unspecified atom stereocenters. The number of nitrogens with zero attached hydrogens (tertiary/aromatic N) is 2. The number of nitriles is 1. The zero-order valence-corrected chi connectivity index (χ0v) is 14.1. The van der Waals surface area contributed by atoms with Gasteiger partial charge in [0.2, 0.25) is 15.9 Å². The van der Waals surface area contributed by atoms with Crippen molar-refractivity contribution in [3.05, 3.63) is 59.4 Å². The summed E-state index contributed by atoms with van der Waals surface area (Å²) in [5.74, 6) is -5.77. The quantitative estimate of drug-likeness (QED) is 0.803. The maximum atomic E-state index is 13.6. The van der Waals surface area contributed by atoms with E-state index in [4.69, 9.17) is 5.26 Å².